The van der Waals surface area contributed by atoms with Crippen molar-refractivity contribution in [2.45, 2.75) is 37.8 Å². The van der Waals surface area contributed by atoms with E-state index in [-0.39, 0.29) is 5.54 Å². The third kappa shape index (κ3) is 2.62. The predicted octanol–water partition coefficient (Wildman–Crippen LogP) is 2.38. The van der Waals surface area contributed by atoms with Gasteiger partial charge in [-0.3, -0.25) is 4.90 Å². The summed E-state index contributed by atoms with van der Waals surface area (Å²) >= 11 is 0. The van der Waals surface area contributed by atoms with Crippen molar-refractivity contribution in [1.29, 1.82) is 0 Å². The van der Waals surface area contributed by atoms with Gasteiger partial charge in [-0.2, -0.15) is 0 Å². The second-order valence-electron chi connectivity index (χ2n) is 6.66. The van der Waals surface area contributed by atoms with Crippen LogP contribution in [0.4, 0.5) is 0 Å². The molecule has 0 spiro atoms. The van der Waals surface area contributed by atoms with Gasteiger partial charge in [0.05, 0.1) is 5.54 Å². The van der Waals surface area contributed by atoms with Crippen LogP contribution >= 0.6 is 0 Å². The van der Waals surface area contributed by atoms with Crippen molar-refractivity contribution < 1.29 is 4.74 Å². The van der Waals surface area contributed by atoms with Crippen LogP contribution in [-0.4, -0.2) is 43.3 Å². The molecule has 0 aromatic heterocycles. The van der Waals surface area contributed by atoms with Crippen LogP contribution in [0, 0.1) is 0 Å². The lowest BCUT2D eigenvalue weighted by Crippen LogP contribution is -2.63. The Morgan fingerprint density at radius 3 is 2.50 bits per heavy atom. The monoisotopic (exact) mass is 274 g/mol. The highest BCUT2D eigenvalue weighted by Gasteiger charge is 2.40. The summed E-state index contributed by atoms with van der Waals surface area (Å²) in [5, 5.41) is 3.73. The van der Waals surface area contributed by atoms with Crippen LogP contribution in [0.25, 0.3) is 0 Å². The van der Waals surface area contributed by atoms with Crippen LogP contribution in [0.2, 0.25) is 0 Å². The Labute approximate surface area is 122 Å². The van der Waals surface area contributed by atoms with Crippen LogP contribution in [-0.2, 0) is 10.3 Å². The molecule has 2 aliphatic heterocycles. The highest BCUT2D eigenvalue weighted by atomic mass is 16.5. The second-order valence-corrected chi connectivity index (χ2v) is 6.66. The highest BCUT2D eigenvalue weighted by Crippen LogP contribution is 2.33. The van der Waals surface area contributed by atoms with E-state index in [4.69, 9.17) is 4.74 Å². The summed E-state index contributed by atoms with van der Waals surface area (Å²) in [6.07, 6.45) is 2.30. The fourth-order valence-corrected chi connectivity index (χ4v) is 3.57. The van der Waals surface area contributed by atoms with Crippen LogP contribution in [0.5, 0.6) is 0 Å². The maximum atomic E-state index is 5.55. The summed E-state index contributed by atoms with van der Waals surface area (Å²) in [7, 11) is 0. The fourth-order valence-electron chi connectivity index (χ4n) is 3.57. The molecule has 0 aliphatic carbocycles. The smallest absolute Gasteiger partial charge is 0.0535 e. The highest BCUT2D eigenvalue weighted by molar-refractivity contribution is 5.25. The third-order valence-electron chi connectivity index (χ3n) is 5.15. The van der Waals surface area contributed by atoms with Crippen molar-refractivity contribution >= 4 is 0 Å². The quantitative estimate of drug-likeness (QED) is 0.896. The Morgan fingerprint density at radius 2 is 1.80 bits per heavy atom. The fraction of sp³-hybridized carbons (Fsp3) is 0.647. The van der Waals surface area contributed by atoms with Gasteiger partial charge in [-0.15, -0.1) is 0 Å². The second kappa shape index (κ2) is 5.47. The maximum absolute atomic E-state index is 5.55. The summed E-state index contributed by atoms with van der Waals surface area (Å²) in [5.41, 5.74) is 1.75. The molecule has 0 saturated carbocycles. The molecule has 1 unspecified atom stereocenters. The van der Waals surface area contributed by atoms with E-state index >= 15 is 0 Å². The lowest BCUT2D eigenvalue weighted by atomic mass is 9.84. The zero-order valence-corrected chi connectivity index (χ0v) is 12.7. The molecule has 2 aliphatic rings. The van der Waals surface area contributed by atoms with E-state index < -0.39 is 0 Å². The minimum Gasteiger partial charge on any atom is -0.381 e. The third-order valence-corrected chi connectivity index (χ3v) is 5.15. The van der Waals surface area contributed by atoms with Crippen LogP contribution in [0.3, 0.4) is 0 Å². The first-order valence-electron chi connectivity index (χ1n) is 7.76. The van der Waals surface area contributed by atoms with Crippen molar-refractivity contribution in [2.24, 2.45) is 0 Å². The van der Waals surface area contributed by atoms with Gasteiger partial charge in [0.15, 0.2) is 0 Å². The predicted molar refractivity (Wildman–Crippen MR) is 81.8 cm³/mol. The molecular weight excluding hydrogens is 248 g/mol. The summed E-state index contributed by atoms with van der Waals surface area (Å²) in [4.78, 5) is 2.68. The Balaban J connectivity index is 1.79. The first-order chi connectivity index (χ1) is 9.62. The zero-order valence-electron chi connectivity index (χ0n) is 12.7. The van der Waals surface area contributed by atoms with Gasteiger partial charge in [-0.1, -0.05) is 30.3 Å². The first-order valence-corrected chi connectivity index (χ1v) is 7.76. The number of benzene rings is 1. The number of rotatable bonds is 2. The molecule has 1 aromatic carbocycles. The number of ether oxygens (including phenoxy) is 1. The van der Waals surface area contributed by atoms with E-state index in [0.717, 1.165) is 45.7 Å². The molecule has 2 saturated heterocycles. The molecule has 3 rings (SSSR count). The Kier molecular flexibility index (Phi) is 3.85. The van der Waals surface area contributed by atoms with Gasteiger partial charge in [0, 0.05) is 38.4 Å². The molecule has 0 bridgehead atoms. The van der Waals surface area contributed by atoms with Crippen molar-refractivity contribution in [2.75, 3.05) is 32.8 Å². The van der Waals surface area contributed by atoms with E-state index in [9.17, 15) is 0 Å². The average molecular weight is 274 g/mol. The summed E-state index contributed by atoms with van der Waals surface area (Å²) in [6.45, 7) is 9.82. The molecule has 110 valence electrons. The molecule has 0 amide bonds. The molecule has 1 N–H and O–H groups in total. The normalized spacial score (nSPS) is 31.1. The molecule has 0 radical (unpaired) electrons. The molecule has 3 heteroatoms. The number of nitrogens with one attached hydrogen (secondary N) is 1. The van der Waals surface area contributed by atoms with E-state index in [0.29, 0.717) is 5.54 Å². The van der Waals surface area contributed by atoms with E-state index in [1.807, 2.05) is 0 Å². The lowest BCUT2D eigenvalue weighted by molar-refractivity contribution is -0.0408. The average Bonchev–Trinajstić information content (AvgIpc) is 2.49. The van der Waals surface area contributed by atoms with Crippen molar-refractivity contribution in [3.05, 3.63) is 35.9 Å². The Hall–Kier alpha value is -0.900. The van der Waals surface area contributed by atoms with E-state index in [1.165, 1.54) is 5.56 Å². The molecule has 2 heterocycles. The number of piperazine rings is 1. The van der Waals surface area contributed by atoms with Crippen molar-refractivity contribution in [1.82, 2.24) is 10.2 Å². The SMILES string of the molecule is CC1(c2ccccc2)CN(C2(C)CCOCC2)CCN1. The molecule has 1 aromatic rings. The van der Waals surface area contributed by atoms with Gasteiger partial charge < -0.3 is 10.1 Å². The van der Waals surface area contributed by atoms with Gasteiger partial charge >= 0.3 is 0 Å². The largest absolute Gasteiger partial charge is 0.381 e. The lowest BCUT2D eigenvalue weighted by Gasteiger charge is -2.51. The summed E-state index contributed by atoms with van der Waals surface area (Å²) < 4.78 is 5.55. The molecule has 2 fully saturated rings. The van der Waals surface area contributed by atoms with Crippen LogP contribution in [0.1, 0.15) is 32.3 Å². The van der Waals surface area contributed by atoms with Gasteiger partial charge in [0.25, 0.3) is 0 Å². The molecule has 3 nitrogen and oxygen atoms in total. The van der Waals surface area contributed by atoms with E-state index in [1.54, 1.807) is 0 Å². The standard InChI is InChI=1S/C17H26N2O/c1-16(8-12-20-13-9-16)19-11-10-18-17(2,14-19)15-6-4-3-5-7-15/h3-7,18H,8-14H2,1-2H3. The number of hydrogen-bond donors (Lipinski definition) is 1. The number of hydrogen-bond acceptors (Lipinski definition) is 3. The first kappa shape index (κ1) is 14.1. The van der Waals surface area contributed by atoms with E-state index in [2.05, 4.69) is 54.4 Å². The van der Waals surface area contributed by atoms with Gasteiger partial charge in [0.2, 0.25) is 0 Å². The molecular formula is C17H26N2O. The minimum atomic E-state index is 0.0564. The zero-order chi connectivity index (χ0) is 14.1. The van der Waals surface area contributed by atoms with Gasteiger partial charge in [-0.05, 0) is 32.3 Å². The Bertz CT molecular complexity index is 442. The van der Waals surface area contributed by atoms with Crippen molar-refractivity contribution in [3.63, 3.8) is 0 Å². The minimum absolute atomic E-state index is 0.0564. The summed E-state index contributed by atoms with van der Waals surface area (Å²) in [5.74, 6) is 0. The van der Waals surface area contributed by atoms with Crippen molar-refractivity contribution in [3.8, 4) is 0 Å². The van der Waals surface area contributed by atoms with Gasteiger partial charge in [-0.25, -0.2) is 0 Å². The van der Waals surface area contributed by atoms with Crippen LogP contribution in [0.15, 0.2) is 30.3 Å². The van der Waals surface area contributed by atoms with Gasteiger partial charge in [0.1, 0.15) is 0 Å². The number of nitrogens with zero attached hydrogens (tertiary/aromatic N) is 1. The Morgan fingerprint density at radius 1 is 1.10 bits per heavy atom. The maximum Gasteiger partial charge on any atom is 0.0535 e. The molecule has 20 heavy (non-hydrogen) atoms. The van der Waals surface area contributed by atoms with Crippen LogP contribution < -0.4 is 5.32 Å². The topological polar surface area (TPSA) is 24.5 Å². The summed E-state index contributed by atoms with van der Waals surface area (Å²) in [6, 6.07) is 10.8. The molecule has 1 atom stereocenters.